The summed E-state index contributed by atoms with van der Waals surface area (Å²) in [7, 11) is 2.85. The number of thiophene rings is 2. The van der Waals surface area contributed by atoms with Crippen molar-refractivity contribution >= 4 is 34.6 Å². The summed E-state index contributed by atoms with van der Waals surface area (Å²) in [6.07, 6.45) is 0.750. The molecule has 1 N–H and O–H groups in total. The third-order valence-electron chi connectivity index (χ3n) is 5.79. The largest absolute Gasteiger partial charge is 0.496 e. The maximum atomic E-state index is 12.9. The number of rotatable bonds is 5. The Labute approximate surface area is 204 Å². The van der Waals surface area contributed by atoms with Crippen LogP contribution in [0, 0.1) is 0 Å². The Balaban J connectivity index is 1.79. The van der Waals surface area contributed by atoms with Crippen molar-refractivity contribution in [2.24, 2.45) is 0 Å². The number of carbonyl (C=O) groups is 2. The smallest absolute Gasteiger partial charge is 0.338 e. The van der Waals surface area contributed by atoms with Crippen molar-refractivity contribution in [3.63, 3.8) is 0 Å². The number of methoxy groups -OCH3 is 2. The van der Waals surface area contributed by atoms with Crippen molar-refractivity contribution in [2.75, 3.05) is 20.8 Å². The molecule has 1 aliphatic rings. The quantitative estimate of drug-likeness (QED) is 0.332. The van der Waals surface area contributed by atoms with E-state index in [-0.39, 0.29) is 11.1 Å². The molecule has 6 nitrogen and oxygen atoms in total. The van der Waals surface area contributed by atoms with E-state index in [1.165, 1.54) is 25.6 Å². The number of hydrogen-bond acceptors (Lipinski definition) is 7. The van der Waals surface area contributed by atoms with E-state index < -0.39 is 11.9 Å². The monoisotopic (exact) mass is 492 g/mol. The van der Waals surface area contributed by atoms with Crippen molar-refractivity contribution in [3.8, 4) is 43.5 Å². The highest BCUT2D eigenvalue weighted by Gasteiger charge is 2.26. The Hall–Kier alpha value is -3.62. The number of benzene rings is 2. The van der Waals surface area contributed by atoms with Gasteiger partial charge in [0.2, 0.25) is 0 Å². The minimum Gasteiger partial charge on any atom is -0.496 e. The molecule has 0 radical (unpaired) electrons. The molecule has 0 amide bonds. The van der Waals surface area contributed by atoms with Gasteiger partial charge < -0.3 is 19.3 Å². The first-order chi connectivity index (χ1) is 16.5. The number of carboxylic acids is 1. The van der Waals surface area contributed by atoms with Crippen molar-refractivity contribution in [1.82, 2.24) is 0 Å². The molecular formula is C26H20O6S2. The van der Waals surface area contributed by atoms with Crippen LogP contribution < -0.4 is 9.47 Å². The molecule has 0 atom stereocenters. The molecule has 0 saturated heterocycles. The lowest BCUT2D eigenvalue weighted by molar-refractivity contribution is 0.0600. The van der Waals surface area contributed by atoms with Crippen LogP contribution in [0.25, 0.3) is 32.0 Å². The van der Waals surface area contributed by atoms with Crippen LogP contribution >= 0.6 is 22.7 Å². The predicted octanol–water partition coefficient (Wildman–Crippen LogP) is 6.24. The third kappa shape index (κ3) is 3.74. The minimum absolute atomic E-state index is 0.0553. The summed E-state index contributed by atoms with van der Waals surface area (Å²) >= 11 is 3.07. The van der Waals surface area contributed by atoms with Gasteiger partial charge in [-0.3, -0.25) is 0 Å². The van der Waals surface area contributed by atoms with Crippen LogP contribution in [0.1, 0.15) is 26.3 Å². The number of ether oxygens (including phenoxy) is 3. The minimum atomic E-state index is -1.11. The van der Waals surface area contributed by atoms with Crippen molar-refractivity contribution in [2.45, 2.75) is 6.42 Å². The van der Waals surface area contributed by atoms with E-state index in [0.29, 0.717) is 34.8 Å². The third-order valence-corrected chi connectivity index (χ3v) is 7.69. The maximum Gasteiger partial charge on any atom is 0.338 e. The van der Waals surface area contributed by atoms with E-state index in [1.807, 2.05) is 22.9 Å². The summed E-state index contributed by atoms with van der Waals surface area (Å²) in [5.74, 6) is -0.559. The molecule has 2 aromatic heterocycles. The van der Waals surface area contributed by atoms with Gasteiger partial charge in [0.05, 0.1) is 32.0 Å². The van der Waals surface area contributed by atoms with E-state index in [0.717, 1.165) is 27.3 Å². The van der Waals surface area contributed by atoms with Gasteiger partial charge in [0.15, 0.2) is 0 Å². The lowest BCUT2D eigenvalue weighted by Gasteiger charge is -2.18. The van der Waals surface area contributed by atoms with Gasteiger partial charge in [-0.25, -0.2) is 9.59 Å². The first-order valence-electron chi connectivity index (χ1n) is 10.5. The Morgan fingerprint density at radius 2 is 1.74 bits per heavy atom. The summed E-state index contributed by atoms with van der Waals surface area (Å²) in [4.78, 5) is 27.2. The van der Waals surface area contributed by atoms with Gasteiger partial charge in [0.25, 0.3) is 0 Å². The van der Waals surface area contributed by atoms with Crippen LogP contribution in [-0.4, -0.2) is 37.9 Å². The standard InChI is InChI=1S/C26H20O6S2/c1-30-21-12-15(17(25(27)28)10-19(21)23-4-3-8-33-23)16-13-22-20(11-18(16)26(29)31-2)24-14(5-7-32-22)6-9-34-24/h3-4,6,8-13H,5,7H2,1-2H3,(H,27,28). The van der Waals surface area contributed by atoms with E-state index in [2.05, 4.69) is 6.07 Å². The molecule has 5 rings (SSSR count). The van der Waals surface area contributed by atoms with E-state index >= 15 is 0 Å². The van der Waals surface area contributed by atoms with E-state index in [1.54, 1.807) is 35.6 Å². The molecule has 8 heteroatoms. The van der Waals surface area contributed by atoms with Crippen LogP contribution in [0.2, 0.25) is 0 Å². The number of aromatic carboxylic acids is 1. The Morgan fingerprint density at radius 1 is 0.941 bits per heavy atom. The van der Waals surface area contributed by atoms with Gasteiger partial charge >= 0.3 is 11.9 Å². The zero-order chi connectivity index (χ0) is 23.8. The van der Waals surface area contributed by atoms with Crippen molar-refractivity contribution in [1.29, 1.82) is 0 Å². The highest BCUT2D eigenvalue weighted by Crippen LogP contribution is 2.45. The molecule has 0 saturated carbocycles. The molecule has 0 fully saturated rings. The molecule has 34 heavy (non-hydrogen) atoms. The lowest BCUT2D eigenvalue weighted by Crippen LogP contribution is -2.08. The molecule has 0 aliphatic carbocycles. The van der Waals surface area contributed by atoms with Crippen molar-refractivity contribution in [3.05, 3.63) is 69.9 Å². The second-order valence-corrected chi connectivity index (χ2v) is 9.50. The average molecular weight is 493 g/mol. The Morgan fingerprint density at radius 3 is 2.44 bits per heavy atom. The number of hydrogen-bond donors (Lipinski definition) is 1. The fraction of sp³-hybridized carbons (Fsp3) is 0.154. The molecule has 3 heterocycles. The van der Waals surface area contributed by atoms with Crippen LogP contribution in [-0.2, 0) is 11.2 Å². The molecule has 4 aromatic rings. The second kappa shape index (κ2) is 8.96. The van der Waals surface area contributed by atoms with Crippen LogP contribution in [0.5, 0.6) is 11.5 Å². The fourth-order valence-corrected chi connectivity index (χ4v) is 5.91. The zero-order valence-corrected chi connectivity index (χ0v) is 20.0. The van der Waals surface area contributed by atoms with Gasteiger partial charge in [0, 0.05) is 38.4 Å². The van der Waals surface area contributed by atoms with Crippen LogP contribution in [0.15, 0.2) is 53.2 Å². The van der Waals surface area contributed by atoms with Gasteiger partial charge in [-0.2, -0.15) is 0 Å². The summed E-state index contributed by atoms with van der Waals surface area (Å²) in [5.41, 5.74) is 3.71. The van der Waals surface area contributed by atoms with Gasteiger partial charge in [-0.1, -0.05) is 6.07 Å². The maximum absolute atomic E-state index is 12.9. The number of fused-ring (bicyclic) bond motifs is 3. The molecule has 0 bridgehead atoms. The summed E-state index contributed by atoms with van der Waals surface area (Å²) in [5, 5.41) is 14.0. The molecule has 0 spiro atoms. The normalized spacial score (nSPS) is 12.2. The molecule has 0 unspecified atom stereocenters. The summed E-state index contributed by atoms with van der Waals surface area (Å²) in [6.45, 7) is 0.486. The van der Waals surface area contributed by atoms with Gasteiger partial charge in [0.1, 0.15) is 11.5 Å². The Bertz CT molecular complexity index is 1400. The summed E-state index contributed by atoms with van der Waals surface area (Å²) < 4.78 is 16.7. The first-order valence-corrected chi connectivity index (χ1v) is 12.2. The van der Waals surface area contributed by atoms with E-state index in [9.17, 15) is 14.7 Å². The molecule has 2 aromatic carbocycles. The highest BCUT2D eigenvalue weighted by atomic mass is 32.1. The first kappa shape index (κ1) is 22.2. The van der Waals surface area contributed by atoms with Crippen LogP contribution in [0.4, 0.5) is 0 Å². The van der Waals surface area contributed by atoms with Crippen molar-refractivity contribution < 1.29 is 28.9 Å². The number of esters is 1. The second-order valence-electron chi connectivity index (χ2n) is 7.64. The lowest BCUT2D eigenvalue weighted by atomic mass is 9.91. The Kier molecular flexibility index (Phi) is 5.85. The SMILES string of the molecule is COC(=O)c1cc2c(cc1-c1cc(OC)c(-c3cccs3)cc1C(=O)O)OCCc1ccsc1-2. The fourth-order valence-electron chi connectivity index (χ4n) is 4.19. The molecule has 172 valence electrons. The predicted molar refractivity (Wildman–Crippen MR) is 133 cm³/mol. The van der Waals surface area contributed by atoms with Crippen LogP contribution in [0.3, 0.4) is 0 Å². The average Bonchev–Trinajstić information content (AvgIpc) is 3.52. The molecular weight excluding hydrogens is 472 g/mol. The highest BCUT2D eigenvalue weighted by molar-refractivity contribution is 7.14. The van der Waals surface area contributed by atoms with E-state index in [4.69, 9.17) is 14.2 Å². The summed E-state index contributed by atoms with van der Waals surface area (Å²) in [6, 6.07) is 12.6. The van der Waals surface area contributed by atoms with Gasteiger partial charge in [-0.15, -0.1) is 22.7 Å². The number of carboxylic acid groups (broad SMARTS) is 1. The van der Waals surface area contributed by atoms with Gasteiger partial charge in [-0.05, 0) is 52.7 Å². The zero-order valence-electron chi connectivity index (χ0n) is 18.4. The molecule has 1 aliphatic heterocycles. The topological polar surface area (TPSA) is 82.1 Å². The number of carbonyl (C=O) groups excluding carboxylic acids is 1.